The number of fused-ring (bicyclic) bond motifs is 1. The zero-order chi connectivity index (χ0) is 13.4. The summed E-state index contributed by atoms with van der Waals surface area (Å²) in [6.07, 6.45) is 1.49. The molecule has 19 heavy (non-hydrogen) atoms. The van der Waals surface area contributed by atoms with Crippen molar-refractivity contribution in [2.75, 3.05) is 18.6 Å². The summed E-state index contributed by atoms with van der Waals surface area (Å²) in [5.74, 6) is 0.897. The molecule has 1 fully saturated rings. The van der Waals surface area contributed by atoms with E-state index in [4.69, 9.17) is 4.74 Å². The Bertz CT molecular complexity index is 614. The minimum Gasteiger partial charge on any atom is -0.368 e. The molecular weight excluding hydrogens is 242 g/mol. The van der Waals surface area contributed by atoms with Crippen molar-refractivity contribution in [2.45, 2.75) is 25.9 Å². The molecule has 0 bridgehead atoms. The standard InChI is InChI=1S/C14H17N3O2/c1-9-15-11-6-5-10(8-12(11)16-9)17(2)14(18)13-4-3-7-19-13/h5-6,8,13H,3-4,7H2,1-2H3,(H,15,16). The van der Waals surface area contributed by atoms with Crippen LogP contribution in [-0.4, -0.2) is 35.6 Å². The number of aromatic amines is 1. The Morgan fingerprint density at radius 3 is 3.11 bits per heavy atom. The normalized spacial score (nSPS) is 18.9. The van der Waals surface area contributed by atoms with Crippen LogP contribution in [0.3, 0.4) is 0 Å². The van der Waals surface area contributed by atoms with Crippen LogP contribution in [-0.2, 0) is 9.53 Å². The molecule has 1 N–H and O–H groups in total. The molecule has 3 rings (SSSR count). The molecule has 2 aromatic rings. The van der Waals surface area contributed by atoms with Crippen LogP contribution in [0.15, 0.2) is 18.2 Å². The molecule has 5 nitrogen and oxygen atoms in total. The summed E-state index contributed by atoms with van der Waals surface area (Å²) in [6, 6.07) is 5.78. The van der Waals surface area contributed by atoms with Gasteiger partial charge in [0.05, 0.1) is 11.0 Å². The van der Waals surface area contributed by atoms with Crippen molar-refractivity contribution in [3.63, 3.8) is 0 Å². The summed E-state index contributed by atoms with van der Waals surface area (Å²) in [5.41, 5.74) is 2.72. The Balaban J connectivity index is 1.87. The van der Waals surface area contributed by atoms with Gasteiger partial charge in [0.15, 0.2) is 0 Å². The molecular formula is C14H17N3O2. The minimum atomic E-state index is -0.288. The van der Waals surface area contributed by atoms with E-state index in [1.807, 2.05) is 25.1 Å². The second kappa shape index (κ2) is 4.66. The lowest BCUT2D eigenvalue weighted by Gasteiger charge is -2.20. The number of carbonyl (C=O) groups is 1. The van der Waals surface area contributed by atoms with Crippen molar-refractivity contribution >= 4 is 22.6 Å². The number of rotatable bonds is 2. The van der Waals surface area contributed by atoms with Gasteiger partial charge in [0.2, 0.25) is 0 Å². The minimum absolute atomic E-state index is 0.0214. The highest BCUT2D eigenvalue weighted by molar-refractivity contribution is 5.97. The molecule has 1 atom stereocenters. The fourth-order valence-corrected chi connectivity index (χ4v) is 2.45. The molecule has 0 aliphatic carbocycles. The summed E-state index contributed by atoms with van der Waals surface area (Å²) in [5, 5.41) is 0. The summed E-state index contributed by atoms with van der Waals surface area (Å²) in [7, 11) is 1.79. The predicted molar refractivity (Wildman–Crippen MR) is 73.2 cm³/mol. The first-order valence-electron chi connectivity index (χ1n) is 6.51. The van der Waals surface area contributed by atoms with Crippen molar-refractivity contribution in [3.8, 4) is 0 Å². The topological polar surface area (TPSA) is 58.2 Å². The van der Waals surface area contributed by atoms with E-state index < -0.39 is 0 Å². The number of aryl methyl sites for hydroxylation is 1. The number of nitrogens with one attached hydrogen (secondary N) is 1. The van der Waals surface area contributed by atoms with Crippen LogP contribution in [0.4, 0.5) is 5.69 Å². The summed E-state index contributed by atoms with van der Waals surface area (Å²) in [4.78, 5) is 21.5. The molecule has 2 heterocycles. The van der Waals surface area contributed by atoms with Crippen molar-refractivity contribution in [1.82, 2.24) is 9.97 Å². The van der Waals surface area contributed by atoms with E-state index in [0.717, 1.165) is 35.4 Å². The van der Waals surface area contributed by atoms with Crippen molar-refractivity contribution in [1.29, 1.82) is 0 Å². The number of aromatic nitrogens is 2. The lowest BCUT2D eigenvalue weighted by molar-refractivity contribution is -0.127. The number of anilines is 1. The number of hydrogen-bond acceptors (Lipinski definition) is 3. The third-order valence-electron chi connectivity index (χ3n) is 3.51. The molecule has 1 saturated heterocycles. The molecule has 100 valence electrons. The Kier molecular flexibility index (Phi) is 2.98. The van der Waals surface area contributed by atoms with Crippen LogP contribution in [0.2, 0.25) is 0 Å². The smallest absolute Gasteiger partial charge is 0.255 e. The maximum atomic E-state index is 12.3. The molecule has 1 aromatic heterocycles. The molecule has 0 spiro atoms. The van der Waals surface area contributed by atoms with Crippen LogP contribution >= 0.6 is 0 Å². The van der Waals surface area contributed by atoms with E-state index in [2.05, 4.69) is 9.97 Å². The predicted octanol–water partition coefficient (Wildman–Crippen LogP) is 2.01. The average molecular weight is 259 g/mol. The number of hydrogen-bond donors (Lipinski definition) is 1. The lowest BCUT2D eigenvalue weighted by Crippen LogP contribution is -2.35. The Hall–Kier alpha value is -1.88. The van der Waals surface area contributed by atoms with E-state index in [9.17, 15) is 4.79 Å². The number of ether oxygens (including phenoxy) is 1. The second-order valence-electron chi connectivity index (χ2n) is 4.92. The van der Waals surface area contributed by atoms with Crippen LogP contribution in [0.25, 0.3) is 11.0 Å². The first-order chi connectivity index (χ1) is 9.15. The molecule has 0 radical (unpaired) electrons. The number of amides is 1. The third kappa shape index (κ3) is 2.21. The van der Waals surface area contributed by atoms with E-state index in [1.54, 1.807) is 11.9 Å². The quantitative estimate of drug-likeness (QED) is 0.897. The third-order valence-corrected chi connectivity index (χ3v) is 3.51. The fourth-order valence-electron chi connectivity index (χ4n) is 2.45. The van der Waals surface area contributed by atoms with Gasteiger partial charge in [-0.3, -0.25) is 4.79 Å². The van der Waals surface area contributed by atoms with Gasteiger partial charge < -0.3 is 14.6 Å². The number of nitrogens with zero attached hydrogens (tertiary/aromatic N) is 2. The summed E-state index contributed by atoms with van der Waals surface area (Å²) >= 11 is 0. The van der Waals surface area contributed by atoms with Crippen molar-refractivity contribution < 1.29 is 9.53 Å². The van der Waals surface area contributed by atoms with Crippen LogP contribution in [0.1, 0.15) is 18.7 Å². The van der Waals surface area contributed by atoms with Gasteiger partial charge in [-0.1, -0.05) is 0 Å². The number of likely N-dealkylation sites (N-methyl/N-ethyl adjacent to an activating group) is 1. The monoisotopic (exact) mass is 259 g/mol. The Labute approximate surface area is 111 Å². The zero-order valence-electron chi connectivity index (χ0n) is 11.1. The molecule has 1 aromatic carbocycles. The van der Waals surface area contributed by atoms with Crippen molar-refractivity contribution in [3.05, 3.63) is 24.0 Å². The maximum Gasteiger partial charge on any atom is 0.255 e. The maximum absolute atomic E-state index is 12.3. The molecule has 1 unspecified atom stereocenters. The number of benzene rings is 1. The zero-order valence-corrected chi connectivity index (χ0v) is 11.1. The van der Waals surface area contributed by atoms with Crippen LogP contribution in [0, 0.1) is 6.92 Å². The summed E-state index contributed by atoms with van der Waals surface area (Å²) in [6.45, 7) is 2.60. The molecule has 1 aliphatic heterocycles. The largest absolute Gasteiger partial charge is 0.368 e. The first-order valence-corrected chi connectivity index (χ1v) is 6.51. The Morgan fingerprint density at radius 1 is 1.53 bits per heavy atom. The Morgan fingerprint density at radius 2 is 2.37 bits per heavy atom. The van der Waals surface area contributed by atoms with Gasteiger partial charge in [-0.25, -0.2) is 4.98 Å². The highest BCUT2D eigenvalue weighted by atomic mass is 16.5. The molecule has 5 heteroatoms. The molecule has 0 saturated carbocycles. The van der Waals surface area contributed by atoms with Crippen LogP contribution in [0.5, 0.6) is 0 Å². The van der Waals surface area contributed by atoms with Gasteiger partial charge in [0, 0.05) is 19.3 Å². The lowest BCUT2D eigenvalue weighted by atomic mass is 10.2. The SMILES string of the molecule is Cc1nc2ccc(N(C)C(=O)C3CCCO3)cc2[nH]1. The number of H-pyrrole nitrogens is 1. The fraction of sp³-hybridized carbons (Fsp3) is 0.429. The van der Waals surface area contributed by atoms with Gasteiger partial charge in [-0.2, -0.15) is 0 Å². The highest BCUT2D eigenvalue weighted by Gasteiger charge is 2.27. The first kappa shape index (κ1) is 12.2. The van der Waals surface area contributed by atoms with E-state index in [1.165, 1.54) is 0 Å². The average Bonchev–Trinajstić information content (AvgIpc) is 3.03. The molecule has 1 amide bonds. The van der Waals surface area contributed by atoms with E-state index >= 15 is 0 Å². The van der Waals surface area contributed by atoms with Crippen LogP contribution < -0.4 is 4.90 Å². The van der Waals surface area contributed by atoms with Crippen molar-refractivity contribution in [2.24, 2.45) is 0 Å². The second-order valence-corrected chi connectivity index (χ2v) is 4.92. The highest BCUT2D eigenvalue weighted by Crippen LogP contribution is 2.22. The van der Waals surface area contributed by atoms with Gasteiger partial charge in [0.1, 0.15) is 11.9 Å². The van der Waals surface area contributed by atoms with E-state index in [0.29, 0.717) is 6.61 Å². The number of carbonyl (C=O) groups excluding carboxylic acids is 1. The van der Waals surface area contributed by atoms with Gasteiger partial charge in [-0.15, -0.1) is 0 Å². The van der Waals surface area contributed by atoms with Gasteiger partial charge in [-0.05, 0) is 38.0 Å². The summed E-state index contributed by atoms with van der Waals surface area (Å²) < 4.78 is 5.44. The van der Waals surface area contributed by atoms with Gasteiger partial charge in [0.25, 0.3) is 5.91 Å². The molecule has 1 aliphatic rings. The van der Waals surface area contributed by atoms with Gasteiger partial charge >= 0.3 is 0 Å². The van der Waals surface area contributed by atoms with E-state index in [-0.39, 0.29) is 12.0 Å². The number of imidazole rings is 1.